The molecule has 0 unspecified atom stereocenters. The van der Waals surface area contributed by atoms with Crippen LogP contribution in [0.5, 0.6) is 5.75 Å². The number of pyridine rings is 1. The number of benzene rings is 3. The Bertz CT molecular complexity index is 1890. The van der Waals surface area contributed by atoms with Crippen LogP contribution in [0.4, 0.5) is 11.4 Å². The SMILES string of the molecule is COc1cccc(Nc2c(C(N)=O)cnc3c(C)cc(S(=O)(=O)c4cccc(C(=O)N5CCC(OCCCCCCO)CC5)c4)cc23)c1. The lowest BCUT2D eigenvalue weighted by atomic mass is 10.1. The smallest absolute Gasteiger partial charge is 0.253 e. The number of amides is 2. The van der Waals surface area contributed by atoms with E-state index in [0.29, 0.717) is 66.1 Å². The number of nitrogens with two attached hydrogens (primary N) is 1. The summed E-state index contributed by atoms with van der Waals surface area (Å²) in [6.07, 6.45) is 6.64. The second kappa shape index (κ2) is 15.6. The number of nitrogens with zero attached hydrogens (tertiary/aromatic N) is 2. The van der Waals surface area contributed by atoms with Gasteiger partial charge in [-0.3, -0.25) is 14.6 Å². The van der Waals surface area contributed by atoms with Crippen molar-refractivity contribution in [1.82, 2.24) is 9.88 Å². The van der Waals surface area contributed by atoms with Gasteiger partial charge in [-0.15, -0.1) is 0 Å². The van der Waals surface area contributed by atoms with Crippen molar-refractivity contribution < 1.29 is 32.6 Å². The number of anilines is 2. The summed E-state index contributed by atoms with van der Waals surface area (Å²) in [6.45, 7) is 3.67. The summed E-state index contributed by atoms with van der Waals surface area (Å²) in [5, 5.41) is 12.5. The van der Waals surface area contributed by atoms with Gasteiger partial charge in [-0.05, 0) is 80.6 Å². The number of rotatable bonds is 14. The molecule has 254 valence electrons. The number of hydrogen-bond donors (Lipinski definition) is 3. The topological polar surface area (TPSA) is 161 Å². The van der Waals surface area contributed by atoms with Crippen LogP contribution in [0.15, 0.2) is 76.7 Å². The Morgan fingerprint density at radius 1 is 1.00 bits per heavy atom. The Morgan fingerprint density at radius 2 is 1.75 bits per heavy atom. The normalized spacial score (nSPS) is 13.9. The second-order valence-corrected chi connectivity index (χ2v) is 13.9. The van der Waals surface area contributed by atoms with Crippen molar-refractivity contribution in [3.63, 3.8) is 0 Å². The highest BCUT2D eigenvalue weighted by molar-refractivity contribution is 7.91. The number of piperidine rings is 1. The lowest BCUT2D eigenvalue weighted by Gasteiger charge is -2.32. The zero-order valence-electron chi connectivity index (χ0n) is 27.3. The van der Waals surface area contributed by atoms with Crippen molar-refractivity contribution >= 4 is 43.9 Å². The molecular weight excluding hydrogens is 632 g/mol. The van der Waals surface area contributed by atoms with Gasteiger partial charge in [-0.1, -0.05) is 25.0 Å². The predicted octanol–water partition coefficient (Wildman–Crippen LogP) is 5.40. The van der Waals surface area contributed by atoms with E-state index in [2.05, 4.69) is 10.3 Å². The molecule has 48 heavy (non-hydrogen) atoms. The van der Waals surface area contributed by atoms with Crippen molar-refractivity contribution in [2.75, 3.05) is 38.7 Å². The molecule has 1 aromatic heterocycles. The van der Waals surface area contributed by atoms with Gasteiger partial charge in [0.25, 0.3) is 11.8 Å². The number of sulfone groups is 1. The minimum absolute atomic E-state index is 0.0106. The second-order valence-electron chi connectivity index (χ2n) is 11.9. The quantitative estimate of drug-likeness (QED) is 0.149. The minimum Gasteiger partial charge on any atom is -0.497 e. The molecule has 1 aliphatic rings. The third kappa shape index (κ3) is 7.95. The summed E-state index contributed by atoms with van der Waals surface area (Å²) in [6, 6.07) is 16.2. The van der Waals surface area contributed by atoms with Crippen LogP contribution in [-0.2, 0) is 14.6 Å². The van der Waals surface area contributed by atoms with Gasteiger partial charge in [0.2, 0.25) is 9.84 Å². The molecule has 0 saturated carbocycles. The van der Waals surface area contributed by atoms with E-state index in [9.17, 15) is 18.0 Å². The predicted molar refractivity (Wildman–Crippen MR) is 184 cm³/mol. The van der Waals surface area contributed by atoms with Crippen LogP contribution in [0.3, 0.4) is 0 Å². The number of carbonyl (C=O) groups is 2. The number of fused-ring (bicyclic) bond motifs is 1. The first-order valence-electron chi connectivity index (χ1n) is 16.1. The molecule has 0 atom stereocenters. The number of aromatic nitrogens is 1. The molecule has 0 bridgehead atoms. The summed E-state index contributed by atoms with van der Waals surface area (Å²) in [7, 11) is -2.55. The minimum atomic E-state index is -4.10. The standard InChI is InChI=1S/C36H42N4O7S/c1-24-19-30(22-31-33(24)38-23-32(35(37)42)34(31)39-26-10-8-11-28(21-26)46-2)48(44,45)29-12-7-9-25(20-29)36(43)40-15-13-27(14-16-40)47-18-6-4-3-5-17-41/h7-12,19-23,27,41H,3-6,13-18H2,1-2H3,(H2,37,42)(H,38,39). The molecule has 1 aliphatic heterocycles. The fourth-order valence-electron chi connectivity index (χ4n) is 5.93. The number of methoxy groups -OCH3 is 1. The van der Waals surface area contributed by atoms with Crippen molar-refractivity contribution in [3.05, 3.63) is 83.6 Å². The molecule has 0 aliphatic carbocycles. The molecular formula is C36H42N4O7S. The van der Waals surface area contributed by atoms with Gasteiger partial charge in [-0.25, -0.2) is 8.42 Å². The van der Waals surface area contributed by atoms with Crippen LogP contribution in [0.25, 0.3) is 10.9 Å². The maximum absolute atomic E-state index is 14.1. The van der Waals surface area contributed by atoms with Gasteiger partial charge < -0.3 is 30.5 Å². The lowest BCUT2D eigenvalue weighted by Crippen LogP contribution is -2.41. The highest BCUT2D eigenvalue weighted by Gasteiger charge is 2.27. The molecule has 0 spiro atoms. The number of carbonyl (C=O) groups excluding carboxylic acids is 2. The van der Waals surface area contributed by atoms with Crippen molar-refractivity contribution in [1.29, 1.82) is 0 Å². The first kappa shape index (κ1) is 34.8. The molecule has 1 fully saturated rings. The van der Waals surface area contributed by atoms with Crippen molar-refractivity contribution in [2.24, 2.45) is 5.73 Å². The lowest BCUT2D eigenvalue weighted by molar-refractivity contribution is 0.00710. The monoisotopic (exact) mass is 674 g/mol. The van der Waals surface area contributed by atoms with E-state index < -0.39 is 15.7 Å². The van der Waals surface area contributed by atoms with Gasteiger partial charge in [0.1, 0.15) is 5.75 Å². The van der Waals surface area contributed by atoms with Crippen LogP contribution in [0, 0.1) is 6.92 Å². The Hall–Kier alpha value is -4.52. The number of aliphatic hydroxyl groups excluding tert-OH is 1. The maximum atomic E-state index is 14.1. The van der Waals surface area contributed by atoms with Crippen LogP contribution < -0.4 is 15.8 Å². The van der Waals surface area contributed by atoms with Gasteiger partial charge in [0.05, 0.1) is 39.8 Å². The molecule has 2 heterocycles. The summed E-state index contributed by atoms with van der Waals surface area (Å²) in [5.41, 5.74) is 8.10. The Morgan fingerprint density at radius 3 is 2.48 bits per heavy atom. The van der Waals surface area contributed by atoms with E-state index >= 15 is 0 Å². The molecule has 0 radical (unpaired) electrons. The molecule has 2 amide bonds. The average Bonchev–Trinajstić information content (AvgIpc) is 3.10. The fourth-order valence-corrected chi connectivity index (χ4v) is 7.34. The molecule has 12 heteroatoms. The number of unbranched alkanes of at least 4 members (excludes halogenated alkanes) is 3. The van der Waals surface area contributed by atoms with E-state index in [4.69, 9.17) is 20.3 Å². The summed E-state index contributed by atoms with van der Waals surface area (Å²) in [5.74, 6) is -0.368. The van der Waals surface area contributed by atoms with Gasteiger partial charge in [0, 0.05) is 55.2 Å². The first-order chi connectivity index (χ1) is 23.1. The molecule has 3 aromatic carbocycles. The van der Waals surface area contributed by atoms with E-state index in [1.54, 1.807) is 55.3 Å². The van der Waals surface area contributed by atoms with Gasteiger partial charge >= 0.3 is 0 Å². The van der Waals surface area contributed by atoms with Crippen LogP contribution in [-0.4, -0.2) is 74.7 Å². The zero-order valence-corrected chi connectivity index (χ0v) is 28.1. The summed E-state index contributed by atoms with van der Waals surface area (Å²) >= 11 is 0. The molecule has 5 rings (SSSR count). The van der Waals surface area contributed by atoms with E-state index in [1.807, 2.05) is 0 Å². The number of aliphatic hydroxyl groups is 1. The van der Waals surface area contributed by atoms with Gasteiger partial charge in [0.15, 0.2) is 0 Å². The average molecular weight is 675 g/mol. The first-order valence-corrected chi connectivity index (χ1v) is 17.6. The van der Waals surface area contributed by atoms with E-state index in [-0.39, 0.29) is 39.5 Å². The fraction of sp³-hybridized carbons (Fsp3) is 0.361. The number of likely N-dealkylation sites (tertiary alicyclic amines) is 1. The van der Waals surface area contributed by atoms with Crippen LogP contribution in [0.2, 0.25) is 0 Å². The summed E-state index contributed by atoms with van der Waals surface area (Å²) in [4.78, 5) is 32.1. The number of nitrogens with one attached hydrogen (secondary N) is 1. The van der Waals surface area contributed by atoms with Gasteiger partial charge in [-0.2, -0.15) is 0 Å². The number of ether oxygens (including phenoxy) is 2. The third-order valence-electron chi connectivity index (χ3n) is 8.58. The maximum Gasteiger partial charge on any atom is 0.253 e. The molecule has 4 N–H and O–H groups in total. The molecule has 11 nitrogen and oxygen atoms in total. The van der Waals surface area contributed by atoms with Crippen molar-refractivity contribution in [3.8, 4) is 5.75 Å². The highest BCUT2D eigenvalue weighted by atomic mass is 32.2. The summed E-state index contributed by atoms with van der Waals surface area (Å²) < 4.78 is 39.5. The molecule has 4 aromatic rings. The van der Waals surface area contributed by atoms with Crippen LogP contribution in [0.1, 0.15) is 64.8 Å². The van der Waals surface area contributed by atoms with Crippen molar-refractivity contribution in [2.45, 2.75) is 61.3 Å². The Kier molecular flexibility index (Phi) is 11.3. The number of aryl methyl sites for hydroxylation is 1. The zero-order chi connectivity index (χ0) is 34.3. The van der Waals surface area contributed by atoms with E-state index in [0.717, 1.165) is 25.7 Å². The molecule has 1 saturated heterocycles. The Labute approximate surface area is 281 Å². The number of primary amides is 1. The number of hydrogen-bond acceptors (Lipinski definition) is 9. The van der Waals surface area contributed by atoms with E-state index in [1.165, 1.54) is 30.5 Å². The highest BCUT2D eigenvalue weighted by Crippen LogP contribution is 2.35. The largest absolute Gasteiger partial charge is 0.497 e. The Balaban J connectivity index is 1.38. The third-order valence-corrected chi connectivity index (χ3v) is 10.3. The van der Waals surface area contributed by atoms with Crippen LogP contribution >= 0.6 is 0 Å².